The first-order valence-electron chi connectivity index (χ1n) is 7.61. The van der Waals surface area contributed by atoms with Crippen LogP contribution in [0.1, 0.15) is 39.0 Å². The average molecular weight is 284 g/mol. The minimum Gasteiger partial charge on any atom is -0.435 e. The zero-order valence-corrected chi connectivity index (χ0v) is 12.5. The third-order valence-corrected chi connectivity index (χ3v) is 5.80. The highest BCUT2D eigenvalue weighted by atomic mass is 32.1. The van der Waals surface area contributed by atoms with Gasteiger partial charge in [-0.25, -0.2) is 0 Å². The number of thiol groups is 1. The molecule has 0 aromatic heterocycles. The molecule has 0 aliphatic heterocycles. The molecule has 3 rings (SSSR count). The maximum Gasteiger partial charge on any atom is 0.317 e. The van der Waals surface area contributed by atoms with Crippen molar-refractivity contribution < 1.29 is 14.3 Å². The fraction of sp³-hybridized carbons (Fsp3) is 0.933. The number of carbonyl (C=O) groups is 1. The summed E-state index contributed by atoms with van der Waals surface area (Å²) in [5.74, 6) is 4.35. The lowest BCUT2D eigenvalue weighted by Crippen LogP contribution is -2.29. The fourth-order valence-corrected chi connectivity index (χ4v) is 4.99. The van der Waals surface area contributed by atoms with E-state index < -0.39 is 6.29 Å². The highest BCUT2D eigenvalue weighted by Gasteiger charge is 2.53. The van der Waals surface area contributed by atoms with Gasteiger partial charge in [-0.1, -0.05) is 6.42 Å². The Kier molecular flexibility index (Phi) is 4.08. The lowest BCUT2D eigenvalue weighted by atomic mass is 9.76. The Morgan fingerprint density at radius 2 is 2.05 bits per heavy atom. The lowest BCUT2D eigenvalue weighted by molar-refractivity contribution is -0.175. The Hall–Kier alpha value is -0.220. The van der Waals surface area contributed by atoms with Gasteiger partial charge in [-0.05, 0) is 62.2 Å². The molecule has 2 bridgehead atoms. The Morgan fingerprint density at radius 3 is 2.84 bits per heavy atom. The van der Waals surface area contributed by atoms with Crippen LogP contribution in [0.4, 0.5) is 0 Å². The van der Waals surface area contributed by atoms with Crippen LogP contribution in [0.3, 0.4) is 0 Å². The molecule has 3 fully saturated rings. The first-order valence-corrected chi connectivity index (χ1v) is 8.24. The Balaban J connectivity index is 1.46. The number of ether oxygens (including phenoxy) is 2. The maximum absolute atomic E-state index is 11.1. The van der Waals surface area contributed by atoms with Crippen molar-refractivity contribution in [1.29, 1.82) is 0 Å². The zero-order valence-electron chi connectivity index (χ0n) is 11.6. The third kappa shape index (κ3) is 2.66. The van der Waals surface area contributed by atoms with Crippen molar-refractivity contribution in [2.45, 2.75) is 45.3 Å². The molecule has 3 aliphatic rings. The molecular weight excluding hydrogens is 260 g/mol. The molecule has 0 saturated heterocycles. The number of hydrogen-bond donors (Lipinski definition) is 1. The van der Waals surface area contributed by atoms with Crippen molar-refractivity contribution in [1.82, 2.24) is 0 Å². The van der Waals surface area contributed by atoms with E-state index in [1.807, 2.05) is 0 Å². The minimum absolute atomic E-state index is 0.117. The number of esters is 1. The molecule has 3 nitrogen and oxygen atoms in total. The van der Waals surface area contributed by atoms with Gasteiger partial charge in [-0.15, -0.1) is 0 Å². The monoisotopic (exact) mass is 284 g/mol. The first-order chi connectivity index (χ1) is 9.19. The van der Waals surface area contributed by atoms with E-state index in [-0.39, 0.29) is 11.7 Å². The van der Waals surface area contributed by atoms with E-state index in [0.717, 1.165) is 30.3 Å². The van der Waals surface area contributed by atoms with E-state index in [4.69, 9.17) is 9.47 Å². The lowest BCUT2D eigenvalue weighted by Gasteiger charge is -2.31. The van der Waals surface area contributed by atoms with E-state index in [2.05, 4.69) is 12.6 Å². The molecule has 4 heteroatoms. The Bertz CT molecular complexity index is 346. The van der Waals surface area contributed by atoms with Crippen molar-refractivity contribution >= 4 is 18.6 Å². The van der Waals surface area contributed by atoms with Crippen molar-refractivity contribution in [2.24, 2.45) is 29.6 Å². The fourth-order valence-electron chi connectivity index (χ4n) is 4.92. The molecule has 6 atom stereocenters. The second kappa shape index (κ2) is 5.65. The van der Waals surface area contributed by atoms with Crippen LogP contribution in [-0.2, 0) is 14.3 Å². The van der Waals surface area contributed by atoms with Gasteiger partial charge < -0.3 is 9.47 Å². The molecule has 0 amide bonds. The first kappa shape index (κ1) is 13.7. The standard InChI is InChI=1S/C15H24O3S/c1-9(18-15(16)8-19)17-7-11-5-10-6-14(11)13-4-2-3-12(10)13/h9-14,19H,2-8H2,1H3. The topological polar surface area (TPSA) is 35.5 Å². The quantitative estimate of drug-likeness (QED) is 0.479. The van der Waals surface area contributed by atoms with Gasteiger partial charge in [0.05, 0.1) is 12.4 Å². The Labute approximate surface area is 120 Å². The summed E-state index contributed by atoms with van der Waals surface area (Å²) in [5.41, 5.74) is 0. The van der Waals surface area contributed by atoms with Crippen LogP contribution in [0.25, 0.3) is 0 Å². The third-order valence-electron chi connectivity index (χ3n) is 5.54. The summed E-state index contributed by atoms with van der Waals surface area (Å²) >= 11 is 3.89. The summed E-state index contributed by atoms with van der Waals surface area (Å²) < 4.78 is 10.8. The minimum atomic E-state index is -0.432. The zero-order chi connectivity index (χ0) is 13.4. The molecule has 108 valence electrons. The van der Waals surface area contributed by atoms with Gasteiger partial charge in [0.25, 0.3) is 0 Å². The average Bonchev–Trinajstić information content (AvgIpc) is 3.07. The molecular formula is C15H24O3S. The molecule has 0 N–H and O–H groups in total. The van der Waals surface area contributed by atoms with Crippen LogP contribution in [0.2, 0.25) is 0 Å². The predicted molar refractivity (Wildman–Crippen MR) is 75.9 cm³/mol. The summed E-state index contributed by atoms with van der Waals surface area (Å²) in [6.07, 6.45) is 6.67. The van der Waals surface area contributed by atoms with Gasteiger partial charge >= 0.3 is 5.97 Å². The number of fused-ring (bicyclic) bond motifs is 5. The van der Waals surface area contributed by atoms with Crippen molar-refractivity contribution in [3.63, 3.8) is 0 Å². The van der Waals surface area contributed by atoms with E-state index in [1.54, 1.807) is 6.92 Å². The summed E-state index contributed by atoms with van der Waals surface area (Å²) in [6.45, 7) is 2.55. The van der Waals surface area contributed by atoms with Gasteiger partial charge in [0.15, 0.2) is 6.29 Å². The van der Waals surface area contributed by atoms with Crippen LogP contribution in [0.5, 0.6) is 0 Å². The van der Waals surface area contributed by atoms with Crippen molar-refractivity contribution in [2.75, 3.05) is 12.4 Å². The second-order valence-corrected chi connectivity index (χ2v) is 6.78. The van der Waals surface area contributed by atoms with Crippen LogP contribution < -0.4 is 0 Å². The Morgan fingerprint density at radius 1 is 1.26 bits per heavy atom. The predicted octanol–water partition coefficient (Wildman–Crippen LogP) is 2.89. The maximum atomic E-state index is 11.1. The highest BCUT2D eigenvalue weighted by Crippen LogP contribution is 2.60. The molecule has 3 aliphatic carbocycles. The molecule has 0 aromatic rings. The van der Waals surface area contributed by atoms with E-state index in [0.29, 0.717) is 5.92 Å². The van der Waals surface area contributed by atoms with Crippen LogP contribution in [0, 0.1) is 29.6 Å². The normalized spacial score (nSPS) is 41.3. The summed E-state index contributed by atoms with van der Waals surface area (Å²) in [5, 5.41) is 0. The highest BCUT2D eigenvalue weighted by molar-refractivity contribution is 7.81. The molecule has 0 spiro atoms. The molecule has 0 heterocycles. The second-order valence-electron chi connectivity index (χ2n) is 6.46. The van der Waals surface area contributed by atoms with E-state index in [1.165, 1.54) is 32.1 Å². The molecule has 19 heavy (non-hydrogen) atoms. The van der Waals surface area contributed by atoms with Crippen molar-refractivity contribution in [3.05, 3.63) is 0 Å². The SMILES string of the molecule is CC(OCC1CC2CC1C1CCCC21)OC(=O)CS. The summed E-state index contributed by atoms with van der Waals surface area (Å²) in [4.78, 5) is 11.1. The number of hydrogen-bond acceptors (Lipinski definition) is 4. The molecule has 6 unspecified atom stereocenters. The van der Waals surface area contributed by atoms with Crippen molar-refractivity contribution in [3.8, 4) is 0 Å². The van der Waals surface area contributed by atoms with Gasteiger partial charge in [-0.2, -0.15) is 12.6 Å². The molecule has 3 saturated carbocycles. The van der Waals surface area contributed by atoms with Crippen LogP contribution >= 0.6 is 12.6 Å². The summed E-state index contributed by atoms with van der Waals surface area (Å²) in [7, 11) is 0. The van der Waals surface area contributed by atoms with Gasteiger partial charge in [0.2, 0.25) is 0 Å². The van der Waals surface area contributed by atoms with Gasteiger partial charge in [-0.3, -0.25) is 4.79 Å². The number of rotatable bonds is 5. The largest absolute Gasteiger partial charge is 0.435 e. The van der Waals surface area contributed by atoms with Crippen LogP contribution in [0.15, 0.2) is 0 Å². The van der Waals surface area contributed by atoms with E-state index >= 15 is 0 Å². The molecule has 0 radical (unpaired) electrons. The van der Waals surface area contributed by atoms with Gasteiger partial charge in [0.1, 0.15) is 0 Å². The van der Waals surface area contributed by atoms with Crippen LogP contribution in [-0.4, -0.2) is 24.6 Å². The molecule has 0 aromatic carbocycles. The smallest absolute Gasteiger partial charge is 0.317 e. The number of carbonyl (C=O) groups excluding carboxylic acids is 1. The summed E-state index contributed by atoms with van der Waals surface area (Å²) in [6, 6.07) is 0. The van der Waals surface area contributed by atoms with E-state index in [9.17, 15) is 4.79 Å². The van der Waals surface area contributed by atoms with Gasteiger partial charge in [0, 0.05) is 0 Å².